The van der Waals surface area contributed by atoms with Gasteiger partial charge in [0.05, 0.1) is 6.54 Å². The summed E-state index contributed by atoms with van der Waals surface area (Å²) in [6, 6.07) is 18.8. The van der Waals surface area contributed by atoms with Crippen LogP contribution in [-0.2, 0) is 32.2 Å². The summed E-state index contributed by atoms with van der Waals surface area (Å²) >= 11 is 4.97. The predicted octanol–water partition coefficient (Wildman–Crippen LogP) is 9.79. The summed E-state index contributed by atoms with van der Waals surface area (Å²) in [6.07, 6.45) is 5.45. The van der Waals surface area contributed by atoms with E-state index >= 15 is 0 Å². The number of benzene rings is 2. The van der Waals surface area contributed by atoms with Crippen LogP contribution in [0.4, 0.5) is 19.2 Å². The molecule has 0 radical (unpaired) electrons. The molecule has 0 saturated carbocycles. The van der Waals surface area contributed by atoms with Crippen LogP contribution in [0.3, 0.4) is 0 Å². The number of nitrogens with zero attached hydrogens (tertiary/aromatic N) is 3. The van der Waals surface area contributed by atoms with Crippen molar-refractivity contribution < 1.29 is 38.1 Å². The molecule has 2 aromatic carbocycles. The third-order valence-corrected chi connectivity index (χ3v) is 6.89. The van der Waals surface area contributed by atoms with Crippen molar-refractivity contribution in [2.24, 2.45) is 0 Å². The molecule has 0 aliphatic rings. The third kappa shape index (κ3) is 33.3. The van der Waals surface area contributed by atoms with Gasteiger partial charge in [-0.15, -0.1) is 0 Å². The van der Waals surface area contributed by atoms with Crippen molar-refractivity contribution in [3.05, 3.63) is 94.6 Å². The topological polar surface area (TPSA) is 141 Å². The molecule has 55 heavy (non-hydrogen) atoms. The molecule has 0 spiro atoms. The zero-order valence-corrected chi connectivity index (χ0v) is 34.1. The van der Waals surface area contributed by atoms with Crippen molar-refractivity contribution >= 4 is 35.3 Å². The number of carbonyl (C=O) groups excluding carboxylic acids is 4. The van der Waals surface area contributed by atoms with Crippen molar-refractivity contribution in [2.75, 3.05) is 39.3 Å². The summed E-state index contributed by atoms with van der Waals surface area (Å²) in [5, 5.41) is 5.42. The second-order valence-electron chi connectivity index (χ2n) is 14.1. The number of hydrogen-bond acceptors (Lipinski definition) is 8. The maximum Gasteiger partial charge on any atom is 0.410 e. The Morgan fingerprint density at radius 3 is 1.51 bits per heavy atom. The van der Waals surface area contributed by atoms with Crippen molar-refractivity contribution in [1.29, 1.82) is 0 Å². The summed E-state index contributed by atoms with van der Waals surface area (Å²) in [7, 11) is 0. The van der Waals surface area contributed by atoms with Crippen LogP contribution in [0.2, 0.25) is 0 Å². The van der Waals surface area contributed by atoms with E-state index in [9.17, 15) is 19.2 Å². The number of carbonyl (C=O) groups is 4. The number of nitrogens with one attached hydrogen (secondary N) is 2. The van der Waals surface area contributed by atoms with Gasteiger partial charge in [-0.3, -0.25) is 0 Å². The molecular formula is C41H60ClN5O8. The lowest BCUT2D eigenvalue weighted by molar-refractivity contribution is 0.0515. The minimum atomic E-state index is -0.770. The first kappa shape index (κ1) is 50.0. The molecule has 0 aliphatic carbocycles. The van der Waals surface area contributed by atoms with Crippen LogP contribution in [-0.4, -0.2) is 79.1 Å². The summed E-state index contributed by atoms with van der Waals surface area (Å²) in [6.45, 7) is 27.8. The lowest BCUT2D eigenvalue weighted by Gasteiger charge is -2.21. The molecule has 13 nitrogen and oxygen atoms in total. The molecule has 0 unspecified atom stereocenters. The molecule has 0 bridgehead atoms. The van der Waals surface area contributed by atoms with Gasteiger partial charge in [-0.1, -0.05) is 73.5 Å². The highest BCUT2D eigenvalue weighted by molar-refractivity contribution is 6.61. The molecule has 0 aliphatic heterocycles. The standard InChI is InChI=1S/C20H29N3O4.C13H24N2O2.C8H7ClO2/c1-20(2,3)27-18(24)22-12-8-9-14-23(15-13-21-4)19(25)26-16-17-10-6-5-7-11-17;1-13(2,3)17-12(16)15-11-9-7-5-6-8-10-14-4;9-8(10)11-6-7-4-2-1-3-5-7/h5-7,10-11H,8-9,12-16H2,1-3H3,(H,22,24);5-11H2,1-3H3,(H,15,16);1-5H,6H2. The number of hydrogen-bond donors (Lipinski definition) is 2. The lowest BCUT2D eigenvalue weighted by Crippen LogP contribution is -2.35. The second-order valence-corrected chi connectivity index (χ2v) is 14.4. The van der Waals surface area contributed by atoms with E-state index in [1.165, 1.54) is 4.90 Å². The minimum absolute atomic E-state index is 0.203. The third-order valence-electron chi connectivity index (χ3n) is 6.78. The summed E-state index contributed by atoms with van der Waals surface area (Å²) in [4.78, 5) is 53.4. The highest BCUT2D eigenvalue weighted by Gasteiger charge is 2.18. The van der Waals surface area contributed by atoms with Gasteiger partial charge in [0.1, 0.15) is 24.4 Å². The number of unbranched alkanes of at least 4 members (excludes halogenated alkanes) is 5. The molecule has 0 aromatic heterocycles. The average Bonchev–Trinajstić information content (AvgIpc) is 3.12. The highest BCUT2D eigenvalue weighted by Crippen LogP contribution is 2.09. The quantitative estimate of drug-likeness (QED) is 0.0659. The van der Waals surface area contributed by atoms with Crippen LogP contribution >= 0.6 is 11.6 Å². The number of rotatable bonds is 18. The van der Waals surface area contributed by atoms with Gasteiger partial charge in [0, 0.05) is 37.7 Å². The Bertz CT molecular complexity index is 1440. The molecule has 0 atom stereocenters. The summed E-state index contributed by atoms with van der Waals surface area (Å²) in [5.41, 5.74) is 0.125. The van der Waals surface area contributed by atoms with Crippen molar-refractivity contribution in [3.63, 3.8) is 0 Å². The fraction of sp³-hybridized carbons (Fsp3) is 0.561. The van der Waals surface area contributed by atoms with Crippen LogP contribution in [0.5, 0.6) is 0 Å². The molecule has 0 fully saturated rings. The van der Waals surface area contributed by atoms with Gasteiger partial charge >= 0.3 is 23.7 Å². The van der Waals surface area contributed by atoms with E-state index in [0.717, 1.165) is 43.2 Å². The van der Waals surface area contributed by atoms with Gasteiger partial charge in [0.25, 0.3) is 0 Å². The maximum atomic E-state index is 12.3. The number of alkyl carbamates (subject to hydrolysis) is 2. The Morgan fingerprint density at radius 2 is 1.05 bits per heavy atom. The van der Waals surface area contributed by atoms with Gasteiger partial charge < -0.3 is 44.2 Å². The SMILES string of the molecule is O=C(Cl)OCc1ccccc1.[C-]#[N+]CCCCCCCNC(=O)OC(C)(C)C.[C-]#[N+]CCN(CCCCNC(=O)OC(C)(C)C)C(=O)OCc1ccccc1. The van der Waals surface area contributed by atoms with E-state index in [4.69, 9.17) is 39.0 Å². The summed E-state index contributed by atoms with van der Waals surface area (Å²) < 4.78 is 20.2. The van der Waals surface area contributed by atoms with E-state index in [-0.39, 0.29) is 25.9 Å². The van der Waals surface area contributed by atoms with Gasteiger partial charge in [0.15, 0.2) is 0 Å². The lowest BCUT2D eigenvalue weighted by atomic mass is 10.1. The largest absolute Gasteiger partial charge is 0.449 e. The molecular weight excluding hydrogens is 726 g/mol. The first-order chi connectivity index (χ1) is 26.1. The van der Waals surface area contributed by atoms with E-state index < -0.39 is 28.8 Å². The normalized spacial score (nSPS) is 10.3. The smallest absolute Gasteiger partial charge is 0.410 e. The molecule has 2 aromatic rings. The Morgan fingerprint density at radius 1 is 0.618 bits per heavy atom. The van der Waals surface area contributed by atoms with E-state index in [1.807, 2.05) is 102 Å². The monoisotopic (exact) mass is 785 g/mol. The van der Waals surface area contributed by atoms with E-state index in [0.29, 0.717) is 45.6 Å². The molecule has 3 amide bonds. The molecule has 14 heteroatoms. The minimum Gasteiger partial charge on any atom is -0.449 e. The van der Waals surface area contributed by atoms with Crippen LogP contribution < -0.4 is 10.6 Å². The zero-order valence-electron chi connectivity index (χ0n) is 33.4. The Labute approximate surface area is 333 Å². The fourth-order valence-electron chi connectivity index (χ4n) is 4.27. The van der Waals surface area contributed by atoms with E-state index in [2.05, 4.69) is 25.1 Å². The first-order valence-corrected chi connectivity index (χ1v) is 18.9. The Hall–Kier alpha value is -5.01. The predicted molar refractivity (Wildman–Crippen MR) is 214 cm³/mol. The van der Waals surface area contributed by atoms with Crippen LogP contribution in [0, 0.1) is 13.1 Å². The van der Waals surface area contributed by atoms with E-state index in [1.54, 1.807) is 0 Å². The average molecular weight is 786 g/mol. The summed E-state index contributed by atoms with van der Waals surface area (Å²) in [5.74, 6) is 0. The number of ether oxygens (including phenoxy) is 4. The van der Waals surface area contributed by atoms with Crippen LogP contribution in [0.15, 0.2) is 60.7 Å². The Balaban J connectivity index is 0.000000883. The molecule has 2 rings (SSSR count). The van der Waals surface area contributed by atoms with Crippen LogP contribution in [0.1, 0.15) is 97.6 Å². The second kappa shape index (κ2) is 30.3. The van der Waals surface area contributed by atoms with Crippen molar-refractivity contribution in [1.82, 2.24) is 15.5 Å². The van der Waals surface area contributed by atoms with Crippen molar-refractivity contribution in [3.8, 4) is 0 Å². The van der Waals surface area contributed by atoms with Gasteiger partial charge in [-0.2, -0.15) is 0 Å². The Kier molecular flexibility index (Phi) is 27.6. The number of amides is 3. The maximum absolute atomic E-state index is 12.3. The van der Waals surface area contributed by atoms with Crippen molar-refractivity contribution in [2.45, 2.75) is 111 Å². The van der Waals surface area contributed by atoms with Gasteiger partial charge in [0.2, 0.25) is 13.1 Å². The molecule has 0 heterocycles. The zero-order chi connectivity index (χ0) is 41.4. The van der Waals surface area contributed by atoms with Crippen LogP contribution in [0.25, 0.3) is 9.69 Å². The molecule has 304 valence electrons. The number of halogens is 1. The molecule has 2 N–H and O–H groups in total. The molecule has 0 saturated heterocycles. The van der Waals surface area contributed by atoms with Gasteiger partial charge in [-0.25, -0.2) is 32.3 Å². The first-order valence-electron chi connectivity index (χ1n) is 18.5. The van der Waals surface area contributed by atoms with Gasteiger partial charge in [-0.05, 0) is 78.4 Å². The highest BCUT2D eigenvalue weighted by atomic mass is 35.5. The fourth-order valence-corrected chi connectivity index (χ4v) is 4.33.